The molecule has 0 bridgehead atoms. The van der Waals surface area contributed by atoms with Gasteiger partial charge in [0.1, 0.15) is 12.3 Å². The first-order valence-electron chi connectivity index (χ1n) is 4.92. The van der Waals surface area contributed by atoms with Gasteiger partial charge in [0.25, 0.3) is 5.69 Å². The number of esters is 1. The van der Waals surface area contributed by atoms with Crippen LogP contribution in [-0.2, 0) is 9.53 Å². The molecule has 17 heavy (non-hydrogen) atoms. The number of carbonyl (C=O) groups is 1. The summed E-state index contributed by atoms with van der Waals surface area (Å²) in [7, 11) is 0. The molecule has 2 rings (SSSR count). The third kappa shape index (κ3) is 2.84. The molecule has 0 saturated carbocycles. The van der Waals surface area contributed by atoms with Crippen molar-refractivity contribution in [1.29, 1.82) is 0 Å². The molecule has 0 unspecified atom stereocenters. The second-order valence-corrected chi connectivity index (χ2v) is 4.89. The van der Waals surface area contributed by atoms with Crippen LogP contribution >= 0.6 is 22.6 Å². The molecule has 1 atom stereocenters. The highest BCUT2D eigenvalue weighted by Crippen LogP contribution is 2.28. The predicted molar refractivity (Wildman–Crippen MR) is 68.8 cm³/mol. The van der Waals surface area contributed by atoms with Crippen LogP contribution in [0.1, 0.15) is 6.42 Å². The molecule has 1 saturated heterocycles. The first-order valence-corrected chi connectivity index (χ1v) is 6.00. The van der Waals surface area contributed by atoms with Crippen LogP contribution in [0.4, 0.5) is 11.4 Å². The van der Waals surface area contributed by atoms with Gasteiger partial charge in [-0.25, -0.2) is 0 Å². The topological polar surface area (TPSA) is 81.5 Å². The lowest BCUT2D eigenvalue weighted by molar-refractivity contribution is -0.384. The fourth-order valence-electron chi connectivity index (χ4n) is 1.61. The molecule has 1 aromatic rings. The van der Waals surface area contributed by atoms with E-state index in [0.29, 0.717) is 5.69 Å². The minimum atomic E-state index is -0.448. The SMILES string of the molecule is O=C1C[C@H](Nc2cc(I)ccc2[N+](=O)[O-])CO1. The third-order valence-corrected chi connectivity index (χ3v) is 3.04. The van der Waals surface area contributed by atoms with E-state index in [1.54, 1.807) is 12.1 Å². The van der Waals surface area contributed by atoms with E-state index in [9.17, 15) is 14.9 Å². The standard InChI is InChI=1S/C10H9IN2O4/c11-6-1-2-9(13(15)16)8(3-6)12-7-4-10(14)17-5-7/h1-3,7,12H,4-5H2/t7-/m0/s1. The lowest BCUT2D eigenvalue weighted by Gasteiger charge is -2.11. The number of nitrogens with one attached hydrogen (secondary N) is 1. The Kier molecular flexibility index (Phi) is 3.46. The van der Waals surface area contributed by atoms with E-state index in [4.69, 9.17) is 4.74 Å². The lowest BCUT2D eigenvalue weighted by Crippen LogP contribution is -2.19. The number of hydrogen-bond acceptors (Lipinski definition) is 5. The zero-order chi connectivity index (χ0) is 12.4. The van der Waals surface area contributed by atoms with Crippen molar-refractivity contribution in [3.63, 3.8) is 0 Å². The number of hydrogen-bond donors (Lipinski definition) is 1. The summed E-state index contributed by atoms with van der Waals surface area (Å²) >= 11 is 2.08. The van der Waals surface area contributed by atoms with Gasteiger partial charge in [0.2, 0.25) is 0 Å². The number of anilines is 1. The first kappa shape index (κ1) is 12.1. The van der Waals surface area contributed by atoms with Crippen molar-refractivity contribution in [3.8, 4) is 0 Å². The Labute approximate surface area is 111 Å². The van der Waals surface area contributed by atoms with E-state index < -0.39 is 4.92 Å². The molecule has 1 aliphatic rings. The summed E-state index contributed by atoms with van der Waals surface area (Å²) in [5, 5.41) is 13.8. The van der Waals surface area contributed by atoms with Gasteiger partial charge >= 0.3 is 5.97 Å². The molecular formula is C10H9IN2O4. The number of rotatable bonds is 3. The van der Waals surface area contributed by atoms with Crippen LogP contribution < -0.4 is 5.32 Å². The van der Waals surface area contributed by atoms with Crippen molar-refractivity contribution >= 4 is 39.9 Å². The van der Waals surface area contributed by atoms with Gasteiger partial charge in [-0.2, -0.15) is 0 Å². The molecule has 0 amide bonds. The Morgan fingerprint density at radius 2 is 2.29 bits per heavy atom. The summed E-state index contributed by atoms with van der Waals surface area (Å²) in [6.45, 7) is 0.251. The minimum Gasteiger partial charge on any atom is -0.463 e. The van der Waals surface area contributed by atoms with Crippen LogP contribution in [0.25, 0.3) is 0 Å². The Morgan fingerprint density at radius 1 is 1.53 bits per heavy atom. The quantitative estimate of drug-likeness (QED) is 0.391. The van der Waals surface area contributed by atoms with Gasteiger partial charge in [0, 0.05) is 9.64 Å². The number of ether oxygens (including phenoxy) is 1. The highest BCUT2D eigenvalue weighted by molar-refractivity contribution is 14.1. The summed E-state index contributed by atoms with van der Waals surface area (Å²) in [5.74, 6) is -0.282. The zero-order valence-corrected chi connectivity index (χ0v) is 10.8. The van der Waals surface area contributed by atoms with E-state index >= 15 is 0 Å². The number of halogens is 1. The molecule has 1 aliphatic heterocycles. The molecule has 0 spiro atoms. The van der Waals surface area contributed by atoms with Crippen molar-refractivity contribution in [2.75, 3.05) is 11.9 Å². The van der Waals surface area contributed by atoms with Gasteiger partial charge in [0.15, 0.2) is 0 Å². The van der Waals surface area contributed by atoms with Crippen LogP contribution in [0.15, 0.2) is 18.2 Å². The van der Waals surface area contributed by atoms with Crippen molar-refractivity contribution < 1.29 is 14.5 Å². The molecule has 1 N–H and O–H groups in total. The van der Waals surface area contributed by atoms with Crippen molar-refractivity contribution in [2.24, 2.45) is 0 Å². The molecule has 1 aromatic carbocycles. The molecule has 0 radical (unpaired) electrons. The van der Waals surface area contributed by atoms with Crippen molar-refractivity contribution in [2.45, 2.75) is 12.5 Å². The van der Waals surface area contributed by atoms with E-state index in [-0.39, 0.29) is 30.7 Å². The van der Waals surface area contributed by atoms with Crippen LogP contribution in [0.3, 0.4) is 0 Å². The largest absolute Gasteiger partial charge is 0.463 e. The maximum absolute atomic E-state index is 10.9. The highest BCUT2D eigenvalue weighted by Gasteiger charge is 2.25. The van der Waals surface area contributed by atoms with E-state index in [1.165, 1.54) is 6.07 Å². The average molecular weight is 348 g/mol. The van der Waals surface area contributed by atoms with Crippen LogP contribution in [0.2, 0.25) is 0 Å². The molecular weight excluding hydrogens is 339 g/mol. The number of nitro groups is 1. The lowest BCUT2D eigenvalue weighted by atomic mass is 10.2. The van der Waals surface area contributed by atoms with Crippen LogP contribution in [-0.4, -0.2) is 23.5 Å². The molecule has 90 valence electrons. The summed E-state index contributed by atoms with van der Waals surface area (Å²) in [6, 6.07) is 4.60. The van der Waals surface area contributed by atoms with Gasteiger partial charge in [-0.1, -0.05) is 0 Å². The van der Waals surface area contributed by atoms with E-state index in [2.05, 4.69) is 27.9 Å². The number of benzene rings is 1. The maximum atomic E-state index is 10.9. The fourth-order valence-corrected chi connectivity index (χ4v) is 2.10. The molecule has 1 fully saturated rings. The van der Waals surface area contributed by atoms with Gasteiger partial charge in [-0.05, 0) is 34.7 Å². The van der Waals surface area contributed by atoms with Crippen LogP contribution in [0, 0.1) is 13.7 Å². The Hall–Kier alpha value is -1.38. The summed E-state index contributed by atoms with van der Waals surface area (Å²) in [5.41, 5.74) is 0.426. The number of nitrogens with zero attached hydrogens (tertiary/aromatic N) is 1. The number of carbonyl (C=O) groups excluding carboxylic acids is 1. The predicted octanol–water partition coefficient (Wildman–Crippen LogP) is 1.93. The normalized spacial score (nSPS) is 18.9. The van der Waals surface area contributed by atoms with Gasteiger partial charge < -0.3 is 10.1 Å². The van der Waals surface area contributed by atoms with Gasteiger partial charge in [-0.3, -0.25) is 14.9 Å². The Balaban J connectivity index is 2.21. The fraction of sp³-hybridized carbons (Fsp3) is 0.300. The highest BCUT2D eigenvalue weighted by atomic mass is 127. The Bertz CT molecular complexity index is 477. The van der Waals surface area contributed by atoms with Gasteiger partial charge in [-0.15, -0.1) is 0 Å². The molecule has 1 heterocycles. The zero-order valence-electron chi connectivity index (χ0n) is 8.68. The number of cyclic esters (lactones) is 1. The smallest absolute Gasteiger partial charge is 0.308 e. The summed E-state index contributed by atoms with van der Waals surface area (Å²) < 4.78 is 5.68. The van der Waals surface area contributed by atoms with Crippen LogP contribution in [0.5, 0.6) is 0 Å². The van der Waals surface area contributed by atoms with Crippen molar-refractivity contribution in [1.82, 2.24) is 0 Å². The summed E-state index contributed by atoms with van der Waals surface area (Å²) in [4.78, 5) is 21.3. The Morgan fingerprint density at radius 3 is 2.88 bits per heavy atom. The second kappa shape index (κ2) is 4.86. The van der Waals surface area contributed by atoms with E-state index in [1.807, 2.05) is 0 Å². The molecule has 0 aromatic heterocycles. The molecule has 0 aliphatic carbocycles. The van der Waals surface area contributed by atoms with E-state index in [0.717, 1.165) is 3.57 Å². The second-order valence-electron chi connectivity index (χ2n) is 3.65. The minimum absolute atomic E-state index is 0.00441. The first-order chi connectivity index (χ1) is 8.06. The molecule has 6 nitrogen and oxygen atoms in total. The number of nitro benzene ring substituents is 1. The third-order valence-electron chi connectivity index (χ3n) is 2.37. The maximum Gasteiger partial charge on any atom is 0.308 e. The van der Waals surface area contributed by atoms with Gasteiger partial charge in [0.05, 0.1) is 17.4 Å². The molecule has 7 heteroatoms. The average Bonchev–Trinajstić information content (AvgIpc) is 2.63. The monoisotopic (exact) mass is 348 g/mol. The summed E-state index contributed by atoms with van der Waals surface area (Å²) in [6.07, 6.45) is 0.239. The van der Waals surface area contributed by atoms with Crippen molar-refractivity contribution in [3.05, 3.63) is 31.9 Å².